The summed E-state index contributed by atoms with van der Waals surface area (Å²) < 4.78 is 0. The molecule has 0 amide bonds. The van der Waals surface area contributed by atoms with Gasteiger partial charge in [-0.25, -0.2) is 0 Å². The van der Waals surface area contributed by atoms with Crippen LogP contribution in [-0.2, 0) is 10.8 Å². The van der Waals surface area contributed by atoms with Crippen LogP contribution in [0.5, 0.6) is 5.75 Å². The summed E-state index contributed by atoms with van der Waals surface area (Å²) in [6, 6.07) is 46.6. The molecule has 2 heteroatoms. The molecule has 0 aromatic heterocycles. The molecule has 0 bridgehead atoms. The summed E-state index contributed by atoms with van der Waals surface area (Å²) in [6.07, 6.45) is 0. The number of aromatic hydroxyl groups is 1. The fraction of sp³-hybridized carbons (Fsp3) is 0.211. The molecule has 1 nitrogen and oxygen atoms in total. The molecule has 0 aliphatic rings. The van der Waals surface area contributed by atoms with E-state index in [2.05, 4.69) is 151 Å². The van der Waals surface area contributed by atoms with Crippen LogP contribution in [-0.4, -0.2) is 5.11 Å². The van der Waals surface area contributed by atoms with Gasteiger partial charge in [0.2, 0.25) is 0 Å². The second kappa shape index (κ2) is 12.7. The summed E-state index contributed by atoms with van der Waals surface area (Å²) in [7, 11) is -0.666. The lowest BCUT2D eigenvalue weighted by Gasteiger charge is -2.24. The first kappa shape index (κ1) is 29.3. The Kier molecular flexibility index (Phi) is 9.28. The standard InChI is InChI=1S/C26H31OP.C12H10/c1-25(2,3)19-7-13-22(14-8-19)28(24-17-11-21(27)12-18-24)23-15-9-20(10-16-23)26(4,5)6;1-3-7-11(8-4-1)12-9-5-2-6-10-12/h7-18,27H,1-6H3;1-10H. The van der Waals surface area contributed by atoms with Crippen LogP contribution in [0.4, 0.5) is 0 Å². The Bertz CT molecular complexity index is 1360. The second-order valence-electron chi connectivity index (χ2n) is 12.2. The zero-order valence-corrected chi connectivity index (χ0v) is 25.5. The maximum absolute atomic E-state index is 9.74. The Morgan fingerprint density at radius 2 is 0.700 bits per heavy atom. The van der Waals surface area contributed by atoms with Crippen molar-refractivity contribution in [3.63, 3.8) is 0 Å². The quantitative estimate of drug-likeness (QED) is 0.224. The second-order valence-corrected chi connectivity index (χ2v) is 14.4. The molecule has 5 aromatic carbocycles. The number of phenolic OH excluding ortho intramolecular Hbond substituents is 1. The van der Waals surface area contributed by atoms with Crippen LogP contribution in [0, 0.1) is 0 Å². The van der Waals surface area contributed by atoms with Crippen molar-refractivity contribution in [1.29, 1.82) is 0 Å². The number of rotatable bonds is 4. The van der Waals surface area contributed by atoms with Gasteiger partial charge in [0.15, 0.2) is 0 Å². The lowest BCUT2D eigenvalue weighted by atomic mass is 9.87. The molecule has 40 heavy (non-hydrogen) atoms. The van der Waals surface area contributed by atoms with Gasteiger partial charge >= 0.3 is 0 Å². The zero-order valence-electron chi connectivity index (χ0n) is 24.6. The van der Waals surface area contributed by atoms with E-state index in [9.17, 15) is 5.11 Å². The monoisotopic (exact) mass is 544 g/mol. The van der Waals surface area contributed by atoms with Gasteiger partial charge in [-0.05, 0) is 69.1 Å². The van der Waals surface area contributed by atoms with Crippen LogP contribution in [0.3, 0.4) is 0 Å². The Balaban J connectivity index is 0.000000255. The number of hydrogen-bond donors (Lipinski definition) is 1. The van der Waals surface area contributed by atoms with Gasteiger partial charge in [-0.3, -0.25) is 0 Å². The number of hydrogen-bond acceptors (Lipinski definition) is 1. The minimum absolute atomic E-state index is 0.147. The van der Waals surface area contributed by atoms with Gasteiger partial charge in [0.1, 0.15) is 5.75 Å². The van der Waals surface area contributed by atoms with Crippen LogP contribution in [0.15, 0.2) is 133 Å². The lowest BCUT2D eigenvalue weighted by Crippen LogP contribution is -2.22. The van der Waals surface area contributed by atoms with Crippen LogP contribution in [0.25, 0.3) is 11.1 Å². The Morgan fingerprint density at radius 1 is 0.400 bits per heavy atom. The molecule has 5 aromatic rings. The van der Waals surface area contributed by atoms with E-state index in [4.69, 9.17) is 0 Å². The minimum Gasteiger partial charge on any atom is -0.508 e. The summed E-state index contributed by atoms with van der Waals surface area (Å²) in [5.41, 5.74) is 5.54. The molecule has 204 valence electrons. The molecule has 0 atom stereocenters. The zero-order chi connectivity index (χ0) is 28.8. The van der Waals surface area contributed by atoms with Gasteiger partial charge < -0.3 is 5.11 Å². The molecule has 0 unspecified atom stereocenters. The van der Waals surface area contributed by atoms with E-state index < -0.39 is 7.92 Å². The fourth-order valence-corrected chi connectivity index (χ4v) is 6.77. The summed E-state index contributed by atoms with van der Waals surface area (Å²) in [5, 5.41) is 13.6. The predicted molar refractivity (Wildman–Crippen MR) is 176 cm³/mol. The summed E-state index contributed by atoms with van der Waals surface area (Å²) in [4.78, 5) is 0. The first-order chi connectivity index (χ1) is 19.0. The number of phenols is 1. The normalized spacial score (nSPS) is 11.6. The van der Waals surface area contributed by atoms with Crippen LogP contribution >= 0.6 is 7.92 Å². The molecule has 0 heterocycles. The van der Waals surface area contributed by atoms with Gasteiger partial charge in [0, 0.05) is 0 Å². The highest BCUT2D eigenvalue weighted by Gasteiger charge is 2.20. The third-order valence-electron chi connectivity index (χ3n) is 6.97. The first-order valence-corrected chi connectivity index (χ1v) is 15.3. The van der Waals surface area contributed by atoms with E-state index >= 15 is 0 Å². The molecule has 0 fully saturated rings. The molecule has 1 N–H and O–H groups in total. The van der Waals surface area contributed by atoms with E-state index in [0.29, 0.717) is 5.75 Å². The average Bonchev–Trinajstić information content (AvgIpc) is 2.95. The number of benzene rings is 5. The van der Waals surface area contributed by atoms with E-state index in [1.165, 1.54) is 38.2 Å². The van der Waals surface area contributed by atoms with Crippen LogP contribution in [0.1, 0.15) is 52.7 Å². The largest absolute Gasteiger partial charge is 0.508 e. The van der Waals surface area contributed by atoms with Crippen molar-refractivity contribution in [2.75, 3.05) is 0 Å². The van der Waals surface area contributed by atoms with Crippen molar-refractivity contribution in [3.05, 3.63) is 145 Å². The maximum atomic E-state index is 9.74. The Labute approximate surface area is 242 Å². The van der Waals surface area contributed by atoms with Gasteiger partial charge in [0.25, 0.3) is 0 Å². The molecular formula is C38H41OP. The van der Waals surface area contributed by atoms with Crippen molar-refractivity contribution in [3.8, 4) is 16.9 Å². The molecule has 0 saturated heterocycles. The fourth-order valence-electron chi connectivity index (χ4n) is 4.53. The van der Waals surface area contributed by atoms with Gasteiger partial charge in [-0.2, -0.15) is 0 Å². The molecule has 0 aliphatic heterocycles. The molecule has 0 saturated carbocycles. The molecule has 0 spiro atoms. The predicted octanol–water partition coefficient (Wildman–Crippen LogP) is 9.10. The van der Waals surface area contributed by atoms with Crippen molar-refractivity contribution >= 4 is 23.8 Å². The molecule has 0 radical (unpaired) electrons. The van der Waals surface area contributed by atoms with Crippen molar-refractivity contribution in [1.82, 2.24) is 0 Å². The molecular weight excluding hydrogens is 503 g/mol. The van der Waals surface area contributed by atoms with Crippen LogP contribution in [0.2, 0.25) is 0 Å². The molecule has 5 rings (SSSR count). The Morgan fingerprint density at radius 3 is 1.00 bits per heavy atom. The lowest BCUT2D eigenvalue weighted by molar-refractivity contribution is 0.475. The topological polar surface area (TPSA) is 20.2 Å². The Hall–Kier alpha value is -3.67. The maximum Gasteiger partial charge on any atom is 0.115 e. The van der Waals surface area contributed by atoms with E-state index in [0.717, 1.165) is 0 Å². The third-order valence-corrected chi connectivity index (χ3v) is 9.42. The van der Waals surface area contributed by atoms with E-state index in [-0.39, 0.29) is 10.8 Å². The summed E-state index contributed by atoms with van der Waals surface area (Å²) in [6.45, 7) is 13.5. The minimum atomic E-state index is -0.666. The molecule has 0 aliphatic carbocycles. The highest BCUT2D eigenvalue weighted by Crippen LogP contribution is 2.35. The summed E-state index contributed by atoms with van der Waals surface area (Å²) >= 11 is 0. The van der Waals surface area contributed by atoms with Crippen molar-refractivity contribution in [2.45, 2.75) is 52.4 Å². The summed E-state index contributed by atoms with van der Waals surface area (Å²) in [5.74, 6) is 0.310. The van der Waals surface area contributed by atoms with Gasteiger partial charge in [0.05, 0.1) is 0 Å². The van der Waals surface area contributed by atoms with Gasteiger partial charge in [-0.15, -0.1) is 0 Å². The highest BCUT2D eigenvalue weighted by atomic mass is 31.1. The first-order valence-electron chi connectivity index (χ1n) is 13.9. The van der Waals surface area contributed by atoms with E-state index in [1.807, 2.05) is 12.1 Å². The smallest absolute Gasteiger partial charge is 0.115 e. The van der Waals surface area contributed by atoms with Crippen molar-refractivity contribution in [2.24, 2.45) is 0 Å². The average molecular weight is 545 g/mol. The van der Waals surface area contributed by atoms with Crippen molar-refractivity contribution < 1.29 is 5.11 Å². The third kappa shape index (κ3) is 7.71. The highest BCUT2D eigenvalue weighted by molar-refractivity contribution is 7.79. The SMILES string of the molecule is CC(C)(C)c1ccc(P(c2ccc(O)cc2)c2ccc(C(C)(C)C)cc2)cc1.c1ccc(-c2ccccc2)cc1. The van der Waals surface area contributed by atoms with E-state index in [1.54, 1.807) is 12.1 Å². The van der Waals surface area contributed by atoms with Crippen LogP contribution < -0.4 is 15.9 Å². The van der Waals surface area contributed by atoms with Gasteiger partial charge in [-0.1, -0.05) is 163 Å².